The van der Waals surface area contributed by atoms with E-state index in [1.165, 1.54) is 12.1 Å². The van der Waals surface area contributed by atoms with Crippen molar-refractivity contribution in [3.8, 4) is 22.6 Å². The van der Waals surface area contributed by atoms with Crippen LogP contribution < -0.4 is 9.64 Å². The first-order chi connectivity index (χ1) is 18.4. The Bertz CT molecular complexity index is 1250. The van der Waals surface area contributed by atoms with E-state index in [4.69, 9.17) is 14.2 Å². The van der Waals surface area contributed by atoms with Crippen LogP contribution in [-0.2, 0) is 15.4 Å². The van der Waals surface area contributed by atoms with Crippen molar-refractivity contribution in [2.24, 2.45) is 5.92 Å². The smallest absolute Gasteiger partial charge is 0.273 e. The van der Waals surface area contributed by atoms with Gasteiger partial charge in [0, 0.05) is 74.0 Å². The van der Waals surface area contributed by atoms with Gasteiger partial charge in [0.15, 0.2) is 6.29 Å². The maximum Gasteiger partial charge on any atom is 0.273 e. The monoisotopic (exact) mass is 523 g/mol. The molecule has 1 N–H and O–H groups in total. The van der Waals surface area contributed by atoms with Gasteiger partial charge in [0.1, 0.15) is 11.5 Å². The summed E-state index contributed by atoms with van der Waals surface area (Å²) in [5.41, 5.74) is 4.49. The largest absolute Gasteiger partial charge is 0.508 e. The Labute approximate surface area is 223 Å². The number of ether oxygens (including phenoxy) is 3. The third-order valence-corrected chi connectivity index (χ3v) is 8.09. The van der Waals surface area contributed by atoms with Crippen molar-refractivity contribution in [1.82, 2.24) is 0 Å². The van der Waals surface area contributed by atoms with Crippen LogP contribution in [0.2, 0.25) is 0 Å². The molecule has 38 heavy (non-hydrogen) atoms. The summed E-state index contributed by atoms with van der Waals surface area (Å²) in [5.74, 6) is -2.40. The van der Waals surface area contributed by atoms with E-state index in [1.807, 2.05) is 18.2 Å². The summed E-state index contributed by atoms with van der Waals surface area (Å²) < 4.78 is 46.7. The molecule has 3 aromatic carbocycles. The minimum Gasteiger partial charge on any atom is -0.508 e. The number of rotatable bonds is 7. The fourth-order valence-corrected chi connectivity index (χ4v) is 6.14. The first-order valence-electron chi connectivity index (χ1n) is 13.2. The standard InChI is InChI=1S/C31H35F2NO4/c1-36-29-19-28(34-15-12-21(13-16-34)30(37-2)38-3)25(20-7-5-4-6-8-20)18-26(29)23-11-14-31(32,33)27-17-22(35)9-10-24(23)27/h4-10,17-19,21,23,30,35H,11-16H2,1-3H3/t23-/m1/s1. The number of alkyl halides is 2. The highest BCUT2D eigenvalue weighted by Gasteiger charge is 2.42. The number of nitrogens with zero attached hydrogens (tertiary/aromatic N) is 1. The molecule has 7 heteroatoms. The van der Waals surface area contributed by atoms with E-state index in [1.54, 1.807) is 27.4 Å². The van der Waals surface area contributed by atoms with Crippen LogP contribution in [0.25, 0.3) is 11.1 Å². The fourth-order valence-electron chi connectivity index (χ4n) is 6.14. The van der Waals surface area contributed by atoms with Gasteiger partial charge in [0.25, 0.3) is 5.92 Å². The summed E-state index contributed by atoms with van der Waals surface area (Å²) in [4.78, 5) is 2.37. The van der Waals surface area contributed by atoms with Crippen LogP contribution >= 0.6 is 0 Å². The van der Waals surface area contributed by atoms with Gasteiger partial charge in [-0.1, -0.05) is 36.4 Å². The lowest BCUT2D eigenvalue weighted by atomic mass is 9.76. The molecule has 5 rings (SSSR count). The van der Waals surface area contributed by atoms with Gasteiger partial charge in [0.2, 0.25) is 0 Å². The second kappa shape index (κ2) is 10.9. The quantitative estimate of drug-likeness (QED) is 0.341. The summed E-state index contributed by atoms with van der Waals surface area (Å²) in [6, 6.07) is 18.7. The van der Waals surface area contributed by atoms with Crippen LogP contribution in [0.15, 0.2) is 60.7 Å². The zero-order valence-electron chi connectivity index (χ0n) is 22.1. The van der Waals surface area contributed by atoms with E-state index >= 15 is 0 Å². The van der Waals surface area contributed by atoms with Crippen molar-refractivity contribution in [2.45, 2.75) is 43.8 Å². The van der Waals surface area contributed by atoms with Gasteiger partial charge in [-0.15, -0.1) is 0 Å². The highest BCUT2D eigenvalue weighted by molar-refractivity contribution is 5.81. The highest BCUT2D eigenvalue weighted by atomic mass is 19.3. The molecule has 0 bridgehead atoms. The molecular formula is C31H35F2NO4. The third kappa shape index (κ3) is 4.97. The number of hydrogen-bond donors (Lipinski definition) is 1. The van der Waals surface area contributed by atoms with Gasteiger partial charge in [-0.2, -0.15) is 0 Å². The SMILES string of the molecule is COc1cc(N2CCC(C(OC)OC)CC2)c(-c2ccccc2)cc1[C@@H]1CCC(F)(F)c2cc(O)ccc21. The molecule has 5 nitrogen and oxygen atoms in total. The van der Waals surface area contributed by atoms with Gasteiger partial charge >= 0.3 is 0 Å². The van der Waals surface area contributed by atoms with E-state index in [-0.39, 0.29) is 36.4 Å². The van der Waals surface area contributed by atoms with Crippen LogP contribution in [0.4, 0.5) is 14.5 Å². The number of aromatic hydroxyl groups is 1. The fraction of sp³-hybridized carbons (Fsp3) is 0.419. The van der Waals surface area contributed by atoms with Crippen LogP contribution in [0.5, 0.6) is 11.5 Å². The molecular weight excluding hydrogens is 488 g/mol. The number of fused-ring (bicyclic) bond motifs is 1. The minimum atomic E-state index is -2.98. The van der Waals surface area contributed by atoms with Gasteiger partial charge in [-0.25, -0.2) is 8.78 Å². The number of piperidine rings is 1. The summed E-state index contributed by atoms with van der Waals surface area (Å²) in [5, 5.41) is 9.96. The average molecular weight is 524 g/mol. The molecule has 2 aliphatic rings. The number of phenolic OH excluding ortho intramolecular Hbond substituents is 1. The minimum absolute atomic E-state index is 0.103. The number of halogens is 2. The zero-order valence-corrected chi connectivity index (χ0v) is 22.1. The summed E-state index contributed by atoms with van der Waals surface area (Å²) in [6.45, 7) is 1.68. The van der Waals surface area contributed by atoms with Crippen LogP contribution in [0.1, 0.15) is 48.3 Å². The first kappa shape index (κ1) is 26.4. The number of hydrogen-bond acceptors (Lipinski definition) is 5. The maximum absolute atomic E-state index is 14.9. The third-order valence-electron chi connectivity index (χ3n) is 8.09. The number of benzene rings is 3. The Balaban J connectivity index is 1.58. The van der Waals surface area contributed by atoms with Crippen molar-refractivity contribution in [2.75, 3.05) is 39.3 Å². The second-order valence-corrected chi connectivity index (χ2v) is 10.2. The van der Waals surface area contributed by atoms with Gasteiger partial charge < -0.3 is 24.2 Å². The van der Waals surface area contributed by atoms with E-state index in [9.17, 15) is 13.9 Å². The van der Waals surface area contributed by atoms with Crippen molar-refractivity contribution in [3.05, 3.63) is 77.4 Å². The van der Waals surface area contributed by atoms with E-state index in [0.717, 1.165) is 48.3 Å². The molecule has 0 aromatic heterocycles. The lowest BCUT2D eigenvalue weighted by molar-refractivity contribution is -0.141. The first-order valence-corrected chi connectivity index (χ1v) is 13.2. The summed E-state index contributed by atoms with van der Waals surface area (Å²) in [7, 11) is 4.99. The molecule has 1 heterocycles. The molecule has 1 atom stereocenters. The van der Waals surface area contributed by atoms with E-state index in [0.29, 0.717) is 17.2 Å². The van der Waals surface area contributed by atoms with Crippen LogP contribution in [0, 0.1) is 5.92 Å². The maximum atomic E-state index is 14.9. The Kier molecular flexibility index (Phi) is 7.59. The van der Waals surface area contributed by atoms with Crippen molar-refractivity contribution in [3.63, 3.8) is 0 Å². The normalized spacial score (nSPS) is 19.4. The molecule has 0 radical (unpaired) electrons. The number of phenols is 1. The molecule has 0 amide bonds. The van der Waals surface area contributed by atoms with Crippen LogP contribution in [0.3, 0.4) is 0 Å². The molecule has 1 aliphatic carbocycles. The Hall–Kier alpha value is -3.16. The molecule has 1 aliphatic heterocycles. The average Bonchev–Trinajstić information content (AvgIpc) is 2.94. The second-order valence-electron chi connectivity index (χ2n) is 10.2. The molecule has 1 fully saturated rings. The van der Waals surface area contributed by atoms with Crippen molar-refractivity contribution >= 4 is 5.69 Å². The lowest BCUT2D eigenvalue weighted by Gasteiger charge is -2.38. The molecule has 202 valence electrons. The Morgan fingerprint density at radius 3 is 2.26 bits per heavy atom. The van der Waals surface area contributed by atoms with E-state index in [2.05, 4.69) is 29.2 Å². The molecule has 3 aromatic rings. The lowest BCUT2D eigenvalue weighted by Crippen LogP contribution is -2.39. The zero-order chi connectivity index (χ0) is 26.9. The van der Waals surface area contributed by atoms with Gasteiger partial charge in [-0.3, -0.25) is 0 Å². The number of anilines is 1. The molecule has 0 saturated carbocycles. The van der Waals surface area contributed by atoms with Gasteiger partial charge in [-0.05, 0) is 48.6 Å². The number of methoxy groups -OCH3 is 3. The Morgan fingerprint density at radius 1 is 0.895 bits per heavy atom. The topological polar surface area (TPSA) is 51.2 Å². The highest BCUT2D eigenvalue weighted by Crippen LogP contribution is 2.51. The predicted octanol–water partition coefficient (Wildman–Crippen LogP) is 6.92. The summed E-state index contributed by atoms with van der Waals surface area (Å²) in [6.07, 6.45) is 1.65. The Morgan fingerprint density at radius 2 is 1.61 bits per heavy atom. The molecule has 1 saturated heterocycles. The van der Waals surface area contributed by atoms with Crippen molar-refractivity contribution in [1.29, 1.82) is 0 Å². The van der Waals surface area contributed by atoms with Crippen LogP contribution in [-0.4, -0.2) is 45.8 Å². The molecule has 0 spiro atoms. The predicted molar refractivity (Wildman–Crippen MR) is 144 cm³/mol. The van der Waals surface area contributed by atoms with Crippen molar-refractivity contribution < 1.29 is 28.1 Å². The molecule has 0 unspecified atom stereocenters. The summed E-state index contributed by atoms with van der Waals surface area (Å²) >= 11 is 0. The van der Waals surface area contributed by atoms with Gasteiger partial charge in [0.05, 0.1) is 7.11 Å². The van der Waals surface area contributed by atoms with E-state index < -0.39 is 5.92 Å².